The lowest BCUT2D eigenvalue weighted by Gasteiger charge is -1.99. The molecule has 0 aliphatic heterocycles. The van der Waals surface area contributed by atoms with Crippen molar-refractivity contribution in [2.75, 3.05) is 5.73 Å². The van der Waals surface area contributed by atoms with Gasteiger partial charge in [0.2, 0.25) is 5.82 Å². The summed E-state index contributed by atoms with van der Waals surface area (Å²) in [6.45, 7) is 0. The van der Waals surface area contributed by atoms with Crippen molar-refractivity contribution >= 4 is 5.82 Å². The molecule has 0 atom stereocenters. The van der Waals surface area contributed by atoms with Gasteiger partial charge in [-0.05, 0) is 11.3 Å². The fourth-order valence-corrected chi connectivity index (χ4v) is 1.72. The zero-order valence-electron chi connectivity index (χ0n) is 9.70. The second-order valence-electron chi connectivity index (χ2n) is 3.89. The van der Waals surface area contributed by atoms with E-state index in [0.29, 0.717) is 11.6 Å². The molecule has 0 spiro atoms. The molecule has 18 heavy (non-hydrogen) atoms. The van der Waals surface area contributed by atoms with Gasteiger partial charge in [-0.1, -0.05) is 18.2 Å². The molecule has 3 rings (SSSR count). The van der Waals surface area contributed by atoms with Gasteiger partial charge in [-0.2, -0.15) is 10.3 Å². The average molecular weight is 241 g/mol. The van der Waals surface area contributed by atoms with E-state index in [-0.39, 0.29) is 0 Å². The highest BCUT2D eigenvalue weighted by Gasteiger charge is 2.08. The van der Waals surface area contributed by atoms with Crippen LogP contribution in [0.2, 0.25) is 0 Å². The third-order valence-electron chi connectivity index (χ3n) is 2.68. The molecule has 0 saturated heterocycles. The van der Waals surface area contributed by atoms with Gasteiger partial charge in [-0.3, -0.25) is 4.68 Å². The molecule has 2 aromatic heterocycles. The minimum Gasteiger partial charge on any atom is -0.384 e. The number of aromatic amines is 1. The largest absolute Gasteiger partial charge is 0.384 e. The van der Waals surface area contributed by atoms with Crippen LogP contribution >= 0.6 is 0 Å². The number of nitrogens with zero attached hydrogens (tertiary/aromatic N) is 5. The first-order valence-electron chi connectivity index (χ1n) is 5.38. The minimum atomic E-state index is 0.556. The van der Waals surface area contributed by atoms with Crippen LogP contribution in [0.25, 0.3) is 22.6 Å². The number of hydrogen-bond donors (Lipinski definition) is 2. The number of rotatable bonds is 2. The van der Waals surface area contributed by atoms with E-state index in [1.165, 1.54) is 0 Å². The van der Waals surface area contributed by atoms with Gasteiger partial charge in [-0.25, -0.2) is 0 Å². The molecule has 3 aromatic rings. The minimum absolute atomic E-state index is 0.556. The Kier molecular flexibility index (Phi) is 2.30. The number of tetrazole rings is 1. The van der Waals surface area contributed by atoms with Crippen LogP contribution in [-0.2, 0) is 7.05 Å². The lowest BCUT2D eigenvalue weighted by atomic mass is 10.1. The molecule has 0 unspecified atom stereocenters. The fraction of sp³-hybridized carbons (Fsp3) is 0.0909. The topological polar surface area (TPSA) is 98.3 Å². The van der Waals surface area contributed by atoms with Gasteiger partial charge in [0.25, 0.3) is 0 Å². The van der Waals surface area contributed by atoms with Crippen LogP contribution in [-0.4, -0.2) is 30.4 Å². The summed E-state index contributed by atoms with van der Waals surface area (Å²) in [6.07, 6.45) is 0. The van der Waals surface area contributed by atoms with Crippen LogP contribution in [0.3, 0.4) is 0 Å². The number of H-pyrrole nitrogens is 1. The van der Waals surface area contributed by atoms with E-state index < -0.39 is 0 Å². The average Bonchev–Trinajstić information content (AvgIpc) is 3.01. The molecule has 0 amide bonds. The molecular weight excluding hydrogens is 230 g/mol. The van der Waals surface area contributed by atoms with Crippen molar-refractivity contribution in [3.63, 3.8) is 0 Å². The summed E-state index contributed by atoms with van der Waals surface area (Å²) in [4.78, 5) is 0. The Morgan fingerprint density at radius 2 is 2.06 bits per heavy atom. The third-order valence-corrected chi connectivity index (χ3v) is 2.68. The Morgan fingerprint density at radius 1 is 1.22 bits per heavy atom. The van der Waals surface area contributed by atoms with Crippen molar-refractivity contribution in [1.29, 1.82) is 0 Å². The second-order valence-corrected chi connectivity index (χ2v) is 3.89. The van der Waals surface area contributed by atoms with E-state index in [1.54, 1.807) is 4.68 Å². The monoisotopic (exact) mass is 241 g/mol. The standard InChI is InChI=1S/C11H11N7/c1-18-10(12)6-9(15-18)7-3-2-4-8(5-7)11-13-16-17-14-11/h2-6H,12H2,1H3,(H,13,14,16,17). The summed E-state index contributed by atoms with van der Waals surface area (Å²) >= 11 is 0. The molecule has 90 valence electrons. The number of aryl methyl sites for hydroxylation is 1. The number of anilines is 1. The van der Waals surface area contributed by atoms with Gasteiger partial charge in [0.05, 0.1) is 5.69 Å². The zero-order valence-corrected chi connectivity index (χ0v) is 9.70. The number of aromatic nitrogens is 6. The van der Waals surface area contributed by atoms with E-state index in [9.17, 15) is 0 Å². The van der Waals surface area contributed by atoms with Crippen LogP contribution in [0.15, 0.2) is 30.3 Å². The van der Waals surface area contributed by atoms with Gasteiger partial charge in [0.15, 0.2) is 0 Å². The number of hydrogen-bond acceptors (Lipinski definition) is 5. The molecule has 0 bridgehead atoms. The molecule has 7 nitrogen and oxygen atoms in total. The van der Waals surface area contributed by atoms with E-state index in [2.05, 4.69) is 25.7 Å². The van der Waals surface area contributed by atoms with Crippen molar-refractivity contribution in [1.82, 2.24) is 30.4 Å². The van der Waals surface area contributed by atoms with Crippen LogP contribution < -0.4 is 5.73 Å². The first-order chi connectivity index (χ1) is 8.74. The predicted octanol–water partition coefficient (Wildman–Crippen LogP) is 0.849. The summed E-state index contributed by atoms with van der Waals surface area (Å²) in [7, 11) is 1.81. The van der Waals surface area contributed by atoms with Crippen molar-refractivity contribution in [2.24, 2.45) is 7.05 Å². The van der Waals surface area contributed by atoms with E-state index in [1.807, 2.05) is 37.4 Å². The highest BCUT2D eigenvalue weighted by atomic mass is 15.5. The Hall–Kier alpha value is -2.70. The molecule has 0 fully saturated rings. The number of benzene rings is 1. The highest BCUT2D eigenvalue weighted by molar-refractivity contribution is 5.68. The van der Waals surface area contributed by atoms with Crippen LogP contribution in [0.1, 0.15) is 0 Å². The zero-order chi connectivity index (χ0) is 12.5. The molecule has 7 heteroatoms. The molecule has 0 saturated carbocycles. The maximum atomic E-state index is 5.77. The Morgan fingerprint density at radius 3 is 2.72 bits per heavy atom. The van der Waals surface area contributed by atoms with Gasteiger partial charge in [0, 0.05) is 24.2 Å². The normalized spacial score (nSPS) is 10.7. The van der Waals surface area contributed by atoms with Gasteiger partial charge >= 0.3 is 0 Å². The summed E-state index contributed by atoms with van der Waals surface area (Å²) in [5.41, 5.74) is 8.43. The lowest BCUT2D eigenvalue weighted by Crippen LogP contribution is -1.96. The molecule has 0 aliphatic carbocycles. The van der Waals surface area contributed by atoms with E-state index in [0.717, 1.165) is 16.8 Å². The SMILES string of the molecule is Cn1nc(-c2cccc(-c3nn[nH]n3)c2)cc1N. The maximum absolute atomic E-state index is 5.77. The first kappa shape index (κ1) is 10.5. The van der Waals surface area contributed by atoms with E-state index in [4.69, 9.17) is 5.73 Å². The molecule has 0 radical (unpaired) electrons. The number of nitrogens with one attached hydrogen (secondary N) is 1. The molecule has 3 N–H and O–H groups in total. The van der Waals surface area contributed by atoms with Crippen molar-refractivity contribution < 1.29 is 0 Å². The molecular formula is C11H11N7. The predicted molar refractivity (Wildman–Crippen MR) is 66.2 cm³/mol. The van der Waals surface area contributed by atoms with Crippen LogP contribution in [0, 0.1) is 0 Å². The quantitative estimate of drug-likeness (QED) is 0.693. The molecule has 2 heterocycles. The summed E-state index contributed by atoms with van der Waals surface area (Å²) in [5, 5.41) is 18.2. The smallest absolute Gasteiger partial charge is 0.204 e. The number of nitrogen functional groups attached to an aromatic ring is 1. The molecule has 1 aromatic carbocycles. The Labute approximate surface area is 103 Å². The lowest BCUT2D eigenvalue weighted by molar-refractivity contribution is 0.782. The third kappa shape index (κ3) is 1.71. The molecule has 0 aliphatic rings. The van der Waals surface area contributed by atoms with Gasteiger partial charge in [-0.15, -0.1) is 10.2 Å². The van der Waals surface area contributed by atoms with Crippen molar-refractivity contribution in [2.45, 2.75) is 0 Å². The fourth-order valence-electron chi connectivity index (χ4n) is 1.72. The van der Waals surface area contributed by atoms with Crippen LogP contribution in [0.4, 0.5) is 5.82 Å². The number of nitrogens with two attached hydrogens (primary N) is 1. The van der Waals surface area contributed by atoms with E-state index >= 15 is 0 Å². The summed E-state index contributed by atoms with van der Waals surface area (Å²) < 4.78 is 1.64. The Bertz CT molecular complexity index is 649. The first-order valence-corrected chi connectivity index (χ1v) is 5.38. The van der Waals surface area contributed by atoms with Crippen molar-refractivity contribution in [3.05, 3.63) is 30.3 Å². The van der Waals surface area contributed by atoms with Gasteiger partial charge in [0.1, 0.15) is 5.82 Å². The van der Waals surface area contributed by atoms with Gasteiger partial charge < -0.3 is 5.73 Å². The second kappa shape index (κ2) is 3.95. The maximum Gasteiger partial charge on any atom is 0.204 e. The summed E-state index contributed by atoms with van der Waals surface area (Å²) in [5.74, 6) is 1.18. The summed E-state index contributed by atoms with van der Waals surface area (Å²) in [6, 6.07) is 9.58. The Balaban J connectivity index is 2.06. The highest BCUT2D eigenvalue weighted by Crippen LogP contribution is 2.24. The van der Waals surface area contributed by atoms with Crippen LogP contribution in [0.5, 0.6) is 0 Å². The van der Waals surface area contributed by atoms with Crippen molar-refractivity contribution in [3.8, 4) is 22.6 Å².